The third kappa shape index (κ3) is 3.52. The van der Waals surface area contributed by atoms with Gasteiger partial charge < -0.3 is 15.5 Å². The van der Waals surface area contributed by atoms with E-state index in [9.17, 15) is 0 Å². The molecule has 0 radical (unpaired) electrons. The summed E-state index contributed by atoms with van der Waals surface area (Å²) < 4.78 is 0. The van der Waals surface area contributed by atoms with Gasteiger partial charge in [-0.15, -0.1) is 0 Å². The van der Waals surface area contributed by atoms with Crippen LogP contribution in [0.2, 0.25) is 0 Å². The van der Waals surface area contributed by atoms with E-state index in [4.69, 9.17) is 10.7 Å². The van der Waals surface area contributed by atoms with Crippen molar-refractivity contribution in [2.45, 2.75) is 25.4 Å². The van der Waals surface area contributed by atoms with E-state index < -0.39 is 0 Å². The zero-order chi connectivity index (χ0) is 15.8. The molecule has 2 atom stereocenters. The number of rotatable bonds is 4. The van der Waals surface area contributed by atoms with Crippen LogP contribution in [0.1, 0.15) is 18.4 Å². The number of anilines is 1. The molecule has 1 aromatic heterocycles. The Morgan fingerprint density at radius 1 is 1.13 bits per heavy atom. The number of piperazine rings is 1. The van der Waals surface area contributed by atoms with E-state index in [-0.39, 0.29) is 0 Å². The smallest absolute Gasteiger partial charge is 0.128 e. The van der Waals surface area contributed by atoms with Gasteiger partial charge in [0, 0.05) is 58.1 Å². The molecule has 0 bridgehead atoms. The number of likely N-dealkylation sites (N-methyl/N-ethyl adjacent to an activating group) is 1. The molecular weight excluding hydrogens is 286 g/mol. The van der Waals surface area contributed by atoms with E-state index in [0.717, 1.165) is 44.5 Å². The summed E-state index contributed by atoms with van der Waals surface area (Å²) in [7, 11) is 2.20. The maximum atomic E-state index is 6.33. The first kappa shape index (κ1) is 15.4. The first-order valence-corrected chi connectivity index (χ1v) is 9.05. The predicted octanol–water partition coefficient (Wildman–Crippen LogP) is 1.00. The molecule has 0 spiro atoms. The highest BCUT2D eigenvalue weighted by atomic mass is 15.2. The number of aromatic nitrogens is 1. The highest BCUT2D eigenvalue weighted by Gasteiger charge is 2.41. The van der Waals surface area contributed by atoms with E-state index in [1.807, 2.05) is 0 Å². The first-order valence-electron chi connectivity index (χ1n) is 9.05. The molecule has 1 saturated carbocycles. The summed E-state index contributed by atoms with van der Waals surface area (Å²) in [4.78, 5) is 12.0. The van der Waals surface area contributed by atoms with Gasteiger partial charge in [-0.2, -0.15) is 0 Å². The van der Waals surface area contributed by atoms with Crippen LogP contribution in [0, 0.1) is 11.8 Å². The lowest BCUT2D eigenvalue weighted by Crippen LogP contribution is -2.43. The van der Waals surface area contributed by atoms with Crippen molar-refractivity contribution < 1.29 is 0 Å². The molecule has 3 aliphatic rings. The van der Waals surface area contributed by atoms with Gasteiger partial charge in [0.25, 0.3) is 0 Å². The van der Waals surface area contributed by atoms with Crippen LogP contribution in [-0.2, 0) is 6.54 Å². The molecule has 23 heavy (non-hydrogen) atoms. The number of nitrogens with two attached hydrogens (primary N) is 1. The Labute approximate surface area is 139 Å². The van der Waals surface area contributed by atoms with Crippen LogP contribution in [0.4, 0.5) is 5.82 Å². The van der Waals surface area contributed by atoms with Crippen molar-refractivity contribution in [3.05, 3.63) is 23.9 Å². The summed E-state index contributed by atoms with van der Waals surface area (Å²) in [5, 5.41) is 0. The van der Waals surface area contributed by atoms with E-state index in [2.05, 4.69) is 40.1 Å². The van der Waals surface area contributed by atoms with E-state index >= 15 is 0 Å². The Morgan fingerprint density at radius 2 is 1.91 bits per heavy atom. The van der Waals surface area contributed by atoms with E-state index in [0.29, 0.717) is 12.0 Å². The monoisotopic (exact) mass is 315 g/mol. The van der Waals surface area contributed by atoms with Gasteiger partial charge >= 0.3 is 0 Å². The Morgan fingerprint density at radius 3 is 2.57 bits per heavy atom. The third-order valence-corrected chi connectivity index (χ3v) is 5.78. The van der Waals surface area contributed by atoms with Gasteiger partial charge in [0.15, 0.2) is 0 Å². The van der Waals surface area contributed by atoms with E-state index in [1.54, 1.807) is 0 Å². The molecule has 0 unspecified atom stereocenters. The van der Waals surface area contributed by atoms with Crippen LogP contribution in [0.15, 0.2) is 18.3 Å². The molecule has 4 rings (SSSR count). The summed E-state index contributed by atoms with van der Waals surface area (Å²) in [6.45, 7) is 7.72. The lowest BCUT2D eigenvalue weighted by Gasteiger charge is -2.32. The molecule has 3 heterocycles. The van der Waals surface area contributed by atoms with Crippen LogP contribution in [0.3, 0.4) is 0 Å². The molecule has 0 amide bonds. The summed E-state index contributed by atoms with van der Waals surface area (Å²) in [5.74, 6) is 2.67. The fourth-order valence-electron chi connectivity index (χ4n) is 4.03. The number of pyridine rings is 1. The maximum Gasteiger partial charge on any atom is 0.128 e. The van der Waals surface area contributed by atoms with Crippen LogP contribution < -0.4 is 10.6 Å². The zero-order valence-corrected chi connectivity index (χ0v) is 14.2. The van der Waals surface area contributed by atoms with Gasteiger partial charge in [0.05, 0.1) is 0 Å². The molecule has 1 aromatic rings. The maximum absolute atomic E-state index is 6.33. The minimum absolute atomic E-state index is 0.328. The molecule has 0 aromatic carbocycles. The SMILES string of the molecule is CN1CCN(Cc2ccc(N3C[C@@H](N)[C@H](C4CC4)C3)nc2)CC1. The van der Waals surface area contributed by atoms with Crippen LogP contribution in [0.25, 0.3) is 0 Å². The number of nitrogens with zero attached hydrogens (tertiary/aromatic N) is 4. The van der Waals surface area contributed by atoms with Crippen LogP contribution in [0.5, 0.6) is 0 Å². The largest absolute Gasteiger partial charge is 0.355 e. The molecule has 3 fully saturated rings. The van der Waals surface area contributed by atoms with Crippen molar-refractivity contribution in [2.24, 2.45) is 17.6 Å². The third-order valence-electron chi connectivity index (χ3n) is 5.78. The number of hydrogen-bond acceptors (Lipinski definition) is 5. The van der Waals surface area contributed by atoms with Gasteiger partial charge in [0.1, 0.15) is 5.82 Å². The topological polar surface area (TPSA) is 48.6 Å². The zero-order valence-electron chi connectivity index (χ0n) is 14.2. The Balaban J connectivity index is 1.34. The second-order valence-electron chi connectivity index (χ2n) is 7.67. The second-order valence-corrected chi connectivity index (χ2v) is 7.67. The van der Waals surface area contributed by atoms with Crippen molar-refractivity contribution >= 4 is 5.82 Å². The van der Waals surface area contributed by atoms with Gasteiger partial charge in [0.2, 0.25) is 0 Å². The van der Waals surface area contributed by atoms with Crippen molar-refractivity contribution in [1.82, 2.24) is 14.8 Å². The van der Waals surface area contributed by atoms with Gasteiger partial charge in [-0.3, -0.25) is 4.90 Å². The Bertz CT molecular complexity index is 519. The minimum Gasteiger partial charge on any atom is -0.355 e. The molecule has 2 aliphatic heterocycles. The highest BCUT2D eigenvalue weighted by molar-refractivity contribution is 5.41. The Kier molecular flexibility index (Phi) is 4.26. The van der Waals surface area contributed by atoms with Crippen molar-refractivity contribution in [3.63, 3.8) is 0 Å². The molecule has 2 saturated heterocycles. The lowest BCUT2D eigenvalue weighted by atomic mass is 9.99. The van der Waals surface area contributed by atoms with Crippen molar-refractivity contribution in [2.75, 3.05) is 51.2 Å². The fourth-order valence-corrected chi connectivity index (χ4v) is 4.03. The van der Waals surface area contributed by atoms with Crippen LogP contribution in [-0.4, -0.2) is 67.1 Å². The quantitative estimate of drug-likeness (QED) is 0.898. The van der Waals surface area contributed by atoms with Crippen molar-refractivity contribution in [1.29, 1.82) is 0 Å². The predicted molar refractivity (Wildman–Crippen MR) is 93.4 cm³/mol. The Hall–Kier alpha value is -1.17. The standard InChI is InChI=1S/C18H29N5/c1-21-6-8-22(9-7-21)11-14-2-5-18(20-10-14)23-12-16(15-3-4-15)17(19)13-23/h2,5,10,15-17H,3-4,6-9,11-13,19H2,1H3/t16-,17+/m0/s1. The average molecular weight is 315 g/mol. The second kappa shape index (κ2) is 6.38. The molecular formula is C18H29N5. The molecule has 126 valence electrons. The average Bonchev–Trinajstić information content (AvgIpc) is 3.33. The lowest BCUT2D eigenvalue weighted by molar-refractivity contribution is 0.148. The minimum atomic E-state index is 0.328. The summed E-state index contributed by atoms with van der Waals surface area (Å²) >= 11 is 0. The number of hydrogen-bond donors (Lipinski definition) is 1. The summed E-state index contributed by atoms with van der Waals surface area (Å²) in [6.07, 6.45) is 4.82. The van der Waals surface area contributed by atoms with Crippen LogP contribution >= 0.6 is 0 Å². The van der Waals surface area contributed by atoms with Gasteiger partial charge in [-0.1, -0.05) is 6.07 Å². The van der Waals surface area contributed by atoms with Gasteiger partial charge in [-0.25, -0.2) is 4.98 Å². The van der Waals surface area contributed by atoms with Crippen molar-refractivity contribution in [3.8, 4) is 0 Å². The molecule has 5 nitrogen and oxygen atoms in total. The molecule has 2 N–H and O–H groups in total. The molecule has 1 aliphatic carbocycles. The molecule has 5 heteroatoms. The van der Waals surface area contributed by atoms with Gasteiger partial charge in [-0.05, 0) is 43.4 Å². The van der Waals surface area contributed by atoms with E-state index in [1.165, 1.54) is 31.5 Å². The highest BCUT2D eigenvalue weighted by Crippen LogP contribution is 2.41. The normalized spacial score (nSPS) is 30.1. The fraction of sp³-hybridized carbons (Fsp3) is 0.722. The first-order chi connectivity index (χ1) is 11.2. The summed E-state index contributed by atoms with van der Waals surface area (Å²) in [5.41, 5.74) is 7.65. The summed E-state index contributed by atoms with van der Waals surface area (Å²) in [6, 6.07) is 4.76.